The zero-order valence-electron chi connectivity index (χ0n) is 19.8. The Morgan fingerprint density at radius 1 is 0.867 bits per heavy atom. The fourth-order valence-electron chi connectivity index (χ4n) is 2.35. The summed E-state index contributed by atoms with van der Waals surface area (Å²) in [4.78, 5) is 37.0. The van der Waals surface area contributed by atoms with Crippen LogP contribution in [0.25, 0.3) is 0 Å². The van der Waals surface area contributed by atoms with Crippen LogP contribution in [0.15, 0.2) is 0 Å². The number of amides is 1. The number of alkyl carbamates (subject to hydrolysis) is 1. The summed E-state index contributed by atoms with van der Waals surface area (Å²) in [5.41, 5.74) is -0.682. The third-order valence-corrected chi connectivity index (χ3v) is 7.05. The molecule has 1 amide bonds. The zero-order valence-corrected chi connectivity index (χ0v) is 21.5. The first-order valence-electron chi connectivity index (χ1n) is 9.69. The maximum Gasteiger partial charge on any atom is 0.408 e. The second-order valence-corrected chi connectivity index (χ2v) is 11.7. The molecule has 0 unspecified atom stereocenters. The molecule has 0 fully saturated rings. The predicted octanol–water partition coefficient (Wildman–Crippen LogP) is 2.84. The molecule has 176 valence electrons. The lowest BCUT2D eigenvalue weighted by Crippen LogP contribution is -2.55. The Morgan fingerprint density at radius 3 is 1.80 bits per heavy atom. The van der Waals surface area contributed by atoms with Gasteiger partial charge in [-0.05, 0) is 61.0 Å². The van der Waals surface area contributed by atoms with Gasteiger partial charge < -0.3 is 19.5 Å². The van der Waals surface area contributed by atoms with Crippen molar-refractivity contribution in [2.24, 2.45) is 0 Å². The molecule has 8 nitrogen and oxygen atoms in total. The van der Waals surface area contributed by atoms with Crippen LogP contribution in [-0.2, 0) is 23.8 Å². The summed E-state index contributed by atoms with van der Waals surface area (Å²) in [5.74, 6) is -0.950. The Morgan fingerprint density at radius 2 is 1.37 bits per heavy atom. The number of esters is 2. The summed E-state index contributed by atoms with van der Waals surface area (Å²) >= 11 is 2.96. The monoisotopic (exact) mass is 466 g/mol. The molecule has 0 aliphatic rings. The van der Waals surface area contributed by atoms with E-state index in [9.17, 15) is 14.4 Å². The van der Waals surface area contributed by atoms with Gasteiger partial charge in [0, 0.05) is 16.0 Å². The van der Waals surface area contributed by atoms with Crippen molar-refractivity contribution < 1.29 is 28.6 Å². The van der Waals surface area contributed by atoms with Crippen molar-refractivity contribution in [3.63, 3.8) is 0 Å². The molecular weight excluding hydrogens is 428 g/mol. The van der Waals surface area contributed by atoms with Crippen LogP contribution in [0.4, 0.5) is 4.79 Å². The molecule has 0 saturated heterocycles. The lowest BCUT2D eigenvalue weighted by molar-refractivity contribution is -0.147. The summed E-state index contributed by atoms with van der Waals surface area (Å²) in [5, 5.41) is 5.71. The molecule has 2 N–H and O–H groups in total. The second-order valence-electron chi connectivity index (χ2n) is 8.77. The Labute approximate surface area is 189 Å². The first kappa shape index (κ1) is 28.9. The van der Waals surface area contributed by atoms with Crippen molar-refractivity contribution in [3.05, 3.63) is 0 Å². The molecule has 0 radical (unpaired) electrons. The highest BCUT2D eigenvalue weighted by atomic mass is 32.2. The summed E-state index contributed by atoms with van der Waals surface area (Å²) in [6, 6.07) is -1.46. The fourth-order valence-corrected chi connectivity index (χ4v) is 3.15. The van der Waals surface area contributed by atoms with Gasteiger partial charge in [-0.1, -0.05) is 0 Å². The van der Waals surface area contributed by atoms with Gasteiger partial charge in [0.2, 0.25) is 0 Å². The van der Waals surface area contributed by atoms with Crippen LogP contribution in [0.5, 0.6) is 0 Å². The SMILES string of the molecule is COC(=O)[C@@H](NCCOC(=O)[C@@H](NC(=O)OC(C)(C)C)C(C)(C)SC)C(C)(C)SC. The van der Waals surface area contributed by atoms with Gasteiger partial charge in [-0.15, -0.1) is 0 Å². The van der Waals surface area contributed by atoms with Gasteiger partial charge in [-0.25, -0.2) is 9.59 Å². The summed E-state index contributed by atoms with van der Waals surface area (Å²) < 4.78 is 14.5. The fraction of sp³-hybridized carbons (Fsp3) is 0.850. The van der Waals surface area contributed by atoms with E-state index in [0.29, 0.717) is 0 Å². The average Bonchev–Trinajstić information content (AvgIpc) is 2.63. The number of carbonyl (C=O) groups is 3. The van der Waals surface area contributed by atoms with Crippen molar-refractivity contribution in [1.29, 1.82) is 0 Å². The number of thioether (sulfide) groups is 2. The molecule has 30 heavy (non-hydrogen) atoms. The number of hydrogen-bond donors (Lipinski definition) is 2. The number of hydrogen-bond acceptors (Lipinski definition) is 9. The highest BCUT2D eigenvalue weighted by Gasteiger charge is 2.39. The summed E-state index contributed by atoms with van der Waals surface area (Å²) in [6.07, 6.45) is 3.08. The summed E-state index contributed by atoms with van der Waals surface area (Å²) in [6.45, 7) is 13.1. The number of ether oxygens (including phenoxy) is 3. The third kappa shape index (κ3) is 9.78. The molecule has 10 heteroatoms. The van der Waals surface area contributed by atoms with Gasteiger partial charge in [-0.3, -0.25) is 10.1 Å². The van der Waals surface area contributed by atoms with Gasteiger partial charge >= 0.3 is 18.0 Å². The summed E-state index contributed by atoms with van der Waals surface area (Å²) in [7, 11) is 1.34. The van der Waals surface area contributed by atoms with Crippen molar-refractivity contribution >= 4 is 41.6 Å². The topological polar surface area (TPSA) is 103 Å². The van der Waals surface area contributed by atoms with Gasteiger partial charge in [0.1, 0.15) is 24.3 Å². The molecule has 0 aromatic rings. The molecule has 0 spiro atoms. The lowest BCUT2D eigenvalue weighted by atomic mass is 10.0. The normalized spacial score (nSPS) is 14.5. The van der Waals surface area contributed by atoms with Crippen LogP contribution >= 0.6 is 23.5 Å². The highest BCUT2D eigenvalue weighted by molar-refractivity contribution is 8.00. The standard InChI is InChI=1S/C20H38N2O6S2/c1-18(2,3)28-17(25)22-14(20(6,7)30-10)16(24)27-12-11-21-13(15(23)26-8)19(4,5)29-9/h13-14,21H,11-12H2,1-10H3,(H,22,25)/t13-,14-/m1/s1. The first-order chi connectivity index (χ1) is 13.6. The third-order valence-electron chi connectivity index (χ3n) is 4.47. The zero-order chi connectivity index (χ0) is 23.8. The minimum atomic E-state index is -0.901. The van der Waals surface area contributed by atoms with E-state index in [2.05, 4.69) is 10.6 Å². The Bertz CT molecular complexity index is 590. The van der Waals surface area contributed by atoms with E-state index in [-0.39, 0.29) is 19.1 Å². The number of nitrogens with one attached hydrogen (secondary N) is 2. The number of methoxy groups -OCH3 is 1. The maximum absolute atomic E-state index is 12.7. The molecule has 2 atom stereocenters. The van der Waals surface area contributed by atoms with Crippen LogP contribution in [0, 0.1) is 0 Å². The molecule has 0 heterocycles. The van der Waals surface area contributed by atoms with Crippen molar-refractivity contribution in [2.45, 2.75) is 75.6 Å². The minimum absolute atomic E-state index is 0.0355. The highest BCUT2D eigenvalue weighted by Crippen LogP contribution is 2.27. The van der Waals surface area contributed by atoms with Crippen LogP contribution < -0.4 is 10.6 Å². The van der Waals surface area contributed by atoms with E-state index in [1.165, 1.54) is 30.6 Å². The lowest BCUT2D eigenvalue weighted by Gasteiger charge is -2.33. The average molecular weight is 467 g/mol. The van der Waals surface area contributed by atoms with Crippen molar-refractivity contribution in [3.8, 4) is 0 Å². The van der Waals surface area contributed by atoms with E-state index in [4.69, 9.17) is 14.2 Å². The Kier molecular flexibility index (Phi) is 11.6. The van der Waals surface area contributed by atoms with E-state index >= 15 is 0 Å². The molecule has 0 rings (SSSR count). The van der Waals surface area contributed by atoms with Gasteiger partial charge in [-0.2, -0.15) is 23.5 Å². The quantitative estimate of drug-likeness (QED) is 0.270. The molecule has 0 bridgehead atoms. The predicted molar refractivity (Wildman–Crippen MR) is 123 cm³/mol. The smallest absolute Gasteiger partial charge is 0.408 e. The molecule has 0 aliphatic heterocycles. The molecule has 0 saturated carbocycles. The van der Waals surface area contributed by atoms with E-state index in [0.717, 1.165) is 0 Å². The largest absolute Gasteiger partial charge is 0.468 e. The molecule has 0 aromatic heterocycles. The van der Waals surface area contributed by atoms with E-state index in [1.54, 1.807) is 20.8 Å². The van der Waals surface area contributed by atoms with Gasteiger partial charge in [0.25, 0.3) is 0 Å². The first-order valence-corrected chi connectivity index (χ1v) is 12.1. The number of rotatable bonds is 11. The second kappa shape index (κ2) is 12.0. The molecular formula is C20H38N2O6S2. The van der Waals surface area contributed by atoms with E-state index < -0.39 is 39.2 Å². The van der Waals surface area contributed by atoms with Crippen LogP contribution in [-0.4, -0.2) is 78.0 Å². The minimum Gasteiger partial charge on any atom is -0.468 e. The van der Waals surface area contributed by atoms with Crippen LogP contribution in [0.2, 0.25) is 0 Å². The molecule has 0 aliphatic carbocycles. The van der Waals surface area contributed by atoms with Crippen molar-refractivity contribution in [2.75, 3.05) is 32.8 Å². The van der Waals surface area contributed by atoms with Crippen molar-refractivity contribution in [1.82, 2.24) is 10.6 Å². The van der Waals surface area contributed by atoms with Crippen LogP contribution in [0.3, 0.4) is 0 Å². The van der Waals surface area contributed by atoms with Gasteiger partial charge in [0.05, 0.1) is 7.11 Å². The number of carbonyl (C=O) groups excluding carboxylic acids is 3. The van der Waals surface area contributed by atoms with Crippen LogP contribution in [0.1, 0.15) is 48.5 Å². The Hall–Kier alpha value is -1.13. The van der Waals surface area contributed by atoms with Gasteiger partial charge in [0.15, 0.2) is 0 Å². The maximum atomic E-state index is 12.7. The Balaban J connectivity index is 5.01. The van der Waals surface area contributed by atoms with E-state index in [1.807, 2.05) is 40.2 Å². The molecule has 0 aromatic carbocycles.